The molecule has 0 fully saturated rings. The summed E-state index contributed by atoms with van der Waals surface area (Å²) in [5.74, 6) is -1.39. The van der Waals surface area contributed by atoms with E-state index in [9.17, 15) is 9.59 Å². The minimum Gasteiger partial charge on any atom is -0.468 e. The second-order valence-electron chi connectivity index (χ2n) is 3.31. The van der Waals surface area contributed by atoms with Crippen LogP contribution in [0.15, 0.2) is 24.3 Å². The summed E-state index contributed by atoms with van der Waals surface area (Å²) in [5.41, 5.74) is 0.854. The fourth-order valence-electron chi connectivity index (χ4n) is 1.58. The van der Waals surface area contributed by atoms with Gasteiger partial charge in [0.1, 0.15) is 5.75 Å². The lowest BCUT2D eigenvalue weighted by molar-refractivity contribution is -0.156. The Morgan fingerprint density at radius 3 is 2.93 bits per heavy atom. The van der Waals surface area contributed by atoms with Crippen LogP contribution in [0.3, 0.4) is 0 Å². The number of para-hydroxylation sites is 1. The van der Waals surface area contributed by atoms with E-state index < -0.39 is 17.9 Å². The van der Waals surface area contributed by atoms with Crippen LogP contribution in [0.5, 0.6) is 5.75 Å². The molecule has 4 nitrogen and oxygen atoms in total. The lowest BCUT2D eigenvalue weighted by Crippen LogP contribution is -2.34. The van der Waals surface area contributed by atoms with Crippen LogP contribution in [0.25, 0.3) is 0 Å². The quantitative estimate of drug-likeness (QED) is 0.390. The number of rotatable bonds is 1. The summed E-state index contributed by atoms with van der Waals surface area (Å²) in [4.78, 5) is 22.7. The zero-order valence-electron chi connectivity index (χ0n) is 8.23. The molecule has 0 amide bonds. The minimum atomic E-state index is -0.829. The van der Waals surface area contributed by atoms with Crippen molar-refractivity contribution < 1.29 is 19.1 Å². The summed E-state index contributed by atoms with van der Waals surface area (Å²) in [6.07, 6.45) is 0.349. The Morgan fingerprint density at radius 1 is 1.47 bits per heavy atom. The number of benzene rings is 1. The second-order valence-corrected chi connectivity index (χ2v) is 3.31. The van der Waals surface area contributed by atoms with Crippen LogP contribution < -0.4 is 4.74 Å². The number of methoxy groups -OCH3 is 1. The Morgan fingerprint density at radius 2 is 2.20 bits per heavy atom. The van der Waals surface area contributed by atoms with Gasteiger partial charge >= 0.3 is 11.9 Å². The SMILES string of the molecule is COC(=O)[C@H]1Cc2ccccc2OC1=O. The van der Waals surface area contributed by atoms with Gasteiger partial charge in [0.25, 0.3) is 0 Å². The summed E-state index contributed by atoms with van der Waals surface area (Å²) >= 11 is 0. The zero-order valence-corrected chi connectivity index (χ0v) is 8.23. The molecule has 78 valence electrons. The fraction of sp³-hybridized carbons (Fsp3) is 0.273. The van der Waals surface area contributed by atoms with Crippen molar-refractivity contribution in [2.24, 2.45) is 5.92 Å². The van der Waals surface area contributed by atoms with E-state index in [1.54, 1.807) is 12.1 Å². The Kier molecular flexibility index (Phi) is 2.41. The van der Waals surface area contributed by atoms with E-state index in [4.69, 9.17) is 4.74 Å². The van der Waals surface area contributed by atoms with E-state index in [0.717, 1.165) is 5.56 Å². The highest BCUT2D eigenvalue weighted by atomic mass is 16.6. The van der Waals surface area contributed by atoms with Crippen molar-refractivity contribution >= 4 is 11.9 Å². The Labute approximate surface area is 86.8 Å². The number of hydrogen-bond acceptors (Lipinski definition) is 4. The molecule has 15 heavy (non-hydrogen) atoms. The second kappa shape index (κ2) is 3.73. The van der Waals surface area contributed by atoms with Gasteiger partial charge in [0.15, 0.2) is 5.92 Å². The van der Waals surface area contributed by atoms with Crippen molar-refractivity contribution in [3.63, 3.8) is 0 Å². The van der Waals surface area contributed by atoms with Gasteiger partial charge in [-0.15, -0.1) is 0 Å². The molecule has 1 aromatic carbocycles. The standard InChI is InChI=1S/C11H10O4/c1-14-10(12)8-6-7-4-2-3-5-9(7)15-11(8)13/h2-5,8H,6H2,1H3/t8-/m1/s1. The molecule has 1 aromatic rings. The number of hydrogen-bond donors (Lipinski definition) is 0. The number of carbonyl (C=O) groups excluding carboxylic acids is 2. The van der Waals surface area contributed by atoms with Gasteiger partial charge in [0.05, 0.1) is 7.11 Å². The molecule has 0 radical (unpaired) electrons. The van der Waals surface area contributed by atoms with Gasteiger partial charge < -0.3 is 9.47 Å². The molecule has 0 saturated carbocycles. The van der Waals surface area contributed by atoms with Crippen LogP contribution in [0.4, 0.5) is 0 Å². The number of ether oxygens (including phenoxy) is 2. The average Bonchev–Trinajstić information content (AvgIpc) is 2.27. The highest BCUT2D eigenvalue weighted by Crippen LogP contribution is 2.27. The first kappa shape index (κ1) is 9.71. The highest BCUT2D eigenvalue weighted by Gasteiger charge is 2.34. The normalized spacial score (nSPS) is 19.0. The molecular weight excluding hydrogens is 196 g/mol. The molecule has 0 N–H and O–H groups in total. The van der Waals surface area contributed by atoms with Crippen LogP contribution in [0, 0.1) is 5.92 Å². The largest absolute Gasteiger partial charge is 0.468 e. The third-order valence-electron chi connectivity index (χ3n) is 2.38. The maximum atomic E-state index is 11.4. The van der Waals surface area contributed by atoms with Crippen LogP contribution in [0.1, 0.15) is 5.56 Å². The third kappa shape index (κ3) is 1.70. The highest BCUT2D eigenvalue weighted by molar-refractivity contribution is 5.97. The minimum absolute atomic E-state index is 0.349. The average molecular weight is 206 g/mol. The first-order chi connectivity index (χ1) is 7.22. The van der Waals surface area contributed by atoms with Crippen molar-refractivity contribution in [1.29, 1.82) is 0 Å². The van der Waals surface area contributed by atoms with Crippen LogP contribution >= 0.6 is 0 Å². The summed E-state index contributed by atoms with van der Waals surface area (Å²) < 4.78 is 9.56. The Balaban J connectivity index is 2.29. The molecule has 0 aromatic heterocycles. The molecule has 1 heterocycles. The summed E-state index contributed by atoms with van der Waals surface area (Å²) in [6.45, 7) is 0. The van der Waals surface area contributed by atoms with E-state index in [-0.39, 0.29) is 0 Å². The van der Waals surface area contributed by atoms with E-state index in [0.29, 0.717) is 12.2 Å². The van der Waals surface area contributed by atoms with Crippen molar-refractivity contribution in [2.45, 2.75) is 6.42 Å². The predicted octanol–water partition coefficient (Wildman–Crippen LogP) is 0.937. The number of esters is 2. The number of fused-ring (bicyclic) bond motifs is 1. The molecule has 1 aliphatic rings. The molecule has 2 rings (SSSR count). The van der Waals surface area contributed by atoms with Crippen LogP contribution in [-0.2, 0) is 20.7 Å². The van der Waals surface area contributed by atoms with E-state index in [1.807, 2.05) is 12.1 Å². The molecule has 4 heteroatoms. The van der Waals surface area contributed by atoms with Crippen molar-refractivity contribution in [3.8, 4) is 5.75 Å². The van der Waals surface area contributed by atoms with Crippen LogP contribution in [-0.4, -0.2) is 19.0 Å². The van der Waals surface area contributed by atoms with Crippen molar-refractivity contribution in [1.82, 2.24) is 0 Å². The molecule has 1 atom stereocenters. The van der Waals surface area contributed by atoms with Gasteiger partial charge in [-0.25, -0.2) is 0 Å². The summed E-state index contributed by atoms with van der Waals surface area (Å²) in [7, 11) is 1.26. The lowest BCUT2D eigenvalue weighted by Gasteiger charge is -2.21. The van der Waals surface area contributed by atoms with Crippen molar-refractivity contribution in [3.05, 3.63) is 29.8 Å². The maximum Gasteiger partial charge on any atom is 0.326 e. The van der Waals surface area contributed by atoms with Gasteiger partial charge in [0.2, 0.25) is 0 Å². The maximum absolute atomic E-state index is 11.4. The summed E-state index contributed by atoms with van der Waals surface area (Å²) in [5, 5.41) is 0. The van der Waals surface area contributed by atoms with Gasteiger partial charge in [-0.1, -0.05) is 18.2 Å². The third-order valence-corrected chi connectivity index (χ3v) is 2.38. The molecule has 0 unspecified atom stereocenters. The smallest absolute Gasteiger partial charge is 0.326 e. The zero-order chi connectivity index (χ0) is 10.8. The van der Waals surface area contributed by atoms with Gasteiger partial charge in [-0.05, 0) is 11.6 Å². The monoisotopic (exact) mass is 206 g/mol. The van der Waals surface area contributed by atoms with Gasteiger partial charge in [0, 0.05) is 6.42 Å². The Hall–Kier alpha value is -1.84. The molecular formula is C11H10O4. The molecule has 0 aliphatic carbocycles. The lowest BCUT2D eigenvalue weighted by atomic mass is 9.96. The molecule has 0 spiro atoms. The molecule has 1 aliphatic heterocycles. The van der Waals surface area contributed by atoms with Crippen molar-refractivity contribution in [2.75, 3.05) is 7.11 Å². The topological polar surface area (TPSA) is 52.6 Å². The van der Waals surface area contributed by atoms with E-state index in [1.165, 1.54) is 7.11 Å². The molecule has 0 bridgehead atoms. The van der Waals surface area contributed by atoms with Gasteiger partial charge in [-0.3, -0.25) is 9.59 Å². The molecule has 0 saturated heterocycles. The number of carbonyl (C=O) groups is 2. The Bertz CT molecular complexity index is 411. The van der Waals surface area contributed by atoms with Crippen LogP contribution in [0.2, 0.25) is 0 Å². The first-order valence-corrected chi connectivity index (χ1v) is 4.60. The van der Waals surface area contributed by atoms with E-state index >= 15 is 0 Å². The first-order valence-electron chi connectivity index (χ1n) is 4.60. The predicted molar refractivity (Wildman–Crippen MR) is 51.3 cm³/mol. The van der Waals surface area contributed by atoms with E-state index in [2.05, 4.69) is 4.74 Å². The fourth-order valence-corrected chi connectivity index (χ4v) is 1.58. The van der Waals surface area contributed by atoms with Gasteiger partial charge in [-0.2, -0.15) is 0 Å². The summed E-state index contributed by atoms with van der Waals surface area (Å²) in [6, 6.07) is 7.16.